The number of hydrogen-bond donors (Lipinski definition) is 2. The average molecular weight is 396 g/mol. The van der Waals surface area contributed by atoms with E-state index in [0.717, 1.165) is 28.1 Å². The molecule has 2 N–H and O–H groups in total. The Hall–Kier alpha value is -3.52. The molecule has 148 valence electrons. The minimum absolute atomic E-state index is 0.00922. The topological polar surface area (TPSA) is 71.7 Å². The third kappa shape index (κ3) is 3.88. The molecule has 0 fully saturated rings. The minimum Gasteiger partial charge on any atom is -0.435 e. The Morgan fingerprint density at radius 3 is 2.62 bits per heavy atom. The highest BCUT2D eigenvalue weighted by Crippen LogP contribution is 2.27. The first-order valence-electron chi connectivity index (χ1n) is 8.90. The maximum Gasteiger partial charge on any atom is 0.387 e. The molecule has 0 bridgehead atoms. The van der Waals surface area contributed by atoms with Crippen molar-refractivity contribution in [2.24, 2.45) is 0 Å². The maximum atomic E-state index is 12.3. The molecule has 0 atom stereocenters. The smallest absolute Gasteiger partial charge is 0.387 e. The number of imidazole rings is 1. The van der Waals surface area contributed by atoms with Crippen LogP contribution in [-0.2, 0) is 6.61 Å². The molecule has 0 spiro atoms. The van der Waals surface area contributed by atoms with Crippen LogP contribution in [0.25, 0.3) is 16.9 Å². The molecule has 8 heteroatoms. The Morgan fingerprint density at radius 1 is 1.14 bits per heavy atom. The number of aryl methyl sites for hydroxylation is 1. The lowest BCUT2D eigenvalue weighted by Gasteiger charge is -2.10. The maximum absolute atomic E-state index is 12.3. The Labute approximate surface area is 165 Å². The van der Waals surface area contributed by atoms with Crippen LogP contribution in [0, 0.1) is 6.92 Å². The molecule has 0 amide bonds. The van der Waals surface area contributed by atoms with Crippen molar-refractivity contribution in [3.05, 3.63) is 72.2 Å². The highest BCUT2D eigenvalue weighted by atomic mass is 19.3. The van der Waals surface area contributed by atoms with Crippen LogP contribution in [0.1, 0.15) is 11.1 Å². The number of aromatic nitrogens is 3. The monoisotopic (exact) mass is 396 g/mol. The highest BCUT2D eigenvalue weighted by molar-refractivity contribution is 5.74. The molecule has 0 saturated heterocycles. The fraction of sp³-hybridized carbons (Fsp3) is 0.143. The van der Waals surface area contributed by atoms with Crippen molar-refractivity contribution < 1.29 is 18.6 Å². The fourth-order valence-electron chi connectivity index (χ4n) is 3.12. The summed E-state index contributed by atoms with van der Waals surface area (Å²) in [7, 11) is 0. The number of aliphatic hydroxyl groups excluding tert-OH is 1. The predicted molar refractivity (Wildman–Crippen MR) is 105 cm³/mol. The average Bonchev–Trinajstić information content (AvgIpc) is 3.13. The molecule has 0 aliphatic carbocycles. The number of nitrogens with zero attached hydrogens (tertiary/aromatic N) is 3. The summed E-state index contributed by atoms with van der Waals surface area (Å²) in [6, 6.07) is 12.0. The van der Waals surface area contributed by atoms with Gasteiger partial charge in [-0.05, 0) is 54.4 Å². The molecule has 0 aliphatic heterocycles. The van der Waals surface area contributed by atoms with Gasteiger partial charge in [0, 0.05) is 23.6 Å². The van der Waals surface area contributed by atoms with Crippen LogP contribution in [0.15, 0.2) is 61.1 Å². The van der Waals surface area contributed by atoms with E-state index in [1.54, 1.807) is 30.7 Å². The van der Waals surface area contributed by atoms with Crippen molar-refractivity contribution in [3.63, 3.8) is 0 Å². The second-order valence-corrected chi connectivity index (χ2v) is 6.44. The third-order valence-corrected chi connectivity index (χ3v) is 4.58. The van der Waals surface area contributed by atoms with E-state index in [4.69, 9.17) is 0 Å². The van der Waals surface area contributed by atoms with E-state index in [1.807, 2.05) is 29.5 Å². The number of aliphatic hydroxyl groups is 1. The van der Waals surface area contributed by atoms with Crippen LogP contribution in [-0.4, -0.2) is 26.1 Å². The molecule has 2 aromatic carbocycles. The summed E-state index contributed by atoms with van der Waals surface area (Å²) in [6.07, 6.45) is 5.14. The predicted octanol–water partition coefficient (Wildman–Crippen LogP) is 4.54. The largest absolute Gasteiger partial charge is 0.435 e. The van der Waals surface area contributed by atoms with Crippen LogP contribution < -0.4 is 10.1 Å². The standard InChI is InChI=1S/C21H18F2N4O2/c1-13-10-16(5-2-15(13)12-28)26-19-20-25-11-18(27(20)9-8-24-19)14-3-6-17(7-4-14)29-21(22)23/h2-11,21,28H,12H2,1H3,(H,24,26). The minimum atomic E-state index is -2.86. The molecule has 2 aromatic heterocycles. The first-order valence-corrected chi connectivity index (χ1v) is 8.90. The summed E-state index contributed by atoms with van der Waals surface area (Å²) < 4.78 is 30.9. The molecule has 2 heterocycles. The van der Waals surface area contributed by atoms with Gasteiger partial charge in [-0.25, -0.2) is 9.97 Å². The van der Waals surface area contributed by atoms with Crippen molar-refractivity contribution in [3.8, 4) is 17.0 Å². The summed E-state index contributed by atoms with van der Waals surface area (Å²) in [5.41, 5.74) is 4.89. The molecule has 0 saturated carbocycles. The molecular formula is C21H18F2N4O2. The van der Waals surface area contributed by atoms with Crippen LogP contribution in [0.4, 0.5) is 20.3 Å². The molecule has 0 unspecified atom stereocenters. The van der Waals surface area contributed by atoms with Crippen LogP contribution in [0.2, 0.25) is 0 Å². The lowest BCUT2D eigenvalue weighted by molar-refractivity contribution is -0.0498. The summed E-state index contributed by atoms with van der Waals surface area (Å²) in [5, 5.41) is 12.6. The Morgan fingerprint density at radius 2 is 1.93 bits per heavy atom. The van der Waals surface area contributed by atoms with Gasteiger partial charge in [0.1, 0.15) is 5.75 Å². The van der Waals surface area contributed by atoms with Crippen LogP contribution in [0.3, 0.4) is 0 Å². The first kappa shape index (κ1) is 18.8. The van der Waals surface area contributed by atoms with Crippen molar-refractivity contribution >= 4 is 17.2 Å². The number of halogens is 2. The zero-order valence-electron chi connectivity index (χ0n) is 15.5. The van der Waals surface area contributed by atoms with Gasteiger partial charge in [-0.2, -0.15) is 8.78 Å². The van der Waals surface area contributed by atoms with E-state index in [9.17, 15) is 13.9 Å². The number of benzene rings is 2. The van der Waals surface area contributed by atoms with E-state index in [-0.39, 0.29) is 12.4 Å². The van der Waals surface area contributed by atoms with E-state index >= 15 is 0 Å². The van der Waals surface area contributed by atoms with Crippen LogP contribution >= 0.6 is 0 Å². The van der Waals surface area contributed by atoms with Gasteiger partial charge in [0.15, 0.2) is 11.5 Å². The summed E-state index contributed by atoms with van der Waals surface area (Å²) in [5.74, 6) is 0.677. The molecule has 0 radical (unpaired) electrons. The van der Waals surface area contributed by atoms with Gasteiger partial charge in [0.2, 0.25) is 0 Å². The van der Waals surface area contributed by atoms with Gasteiger partial charge in [-0.15, -0.1) is 0 Å². The third-order valence-electron chi connectivity index (χ3n) is 4.58. The second kappa shape index (κ2) is 7.84. The van der Waals surface area contributed by atoms with Gasteiger partial charge >= 0.3 is 6.61 Å². The molecule has 4 aromatic rings. The van der Waals surface area contributed by atoms with E-state index < -0.39 is 6.61 Å². The first-order chi connectivity index (χ1) is 14.0. The Bertz CT molecular complexity index is 1140. The van der Waals surface area contributed by atoms with Crippen molar-refractivity contribution in [2.75, 3.05) is 5.32 Å². The SMILES string of the molecule is Cc1cc(Nc2nccn3c(-c4ccc(OC(F)F)cc4)cnc23)ccc1CO. The number of nitrogens with one attached hydrogen (secondary N) is 1. The number of ether oxygens (including phenoxy) is 1. The lowest BCUT2D eigenvalue weighted by atomic mass is 10.1. The summed E-state index contributed by atoms with van der Waals surface area (Å²) in [6.45, 7) is -0.934. The van der Waals surface area contributed by atoms with Gasteiger partial charge in [-0.3, -0.25) is 4.40 Å². The zero-order valence-corrected chi connectivity index (χ0v) is 15.5. The van der Waals surface area contributed by atoms with Gasteiger partial charge in [0.05, 0.1) is 18.5 Å². The fourth-order valence-corrected chi connectivity index (χ4v) is 3.12. The number of rotatable bonds is 6. The molecule has 29 heavy (non-hydrogen) atoms. The summed E-state index contributed by atoms with van der Waals surface area (Å²) in [4.78, 5) is 8.85. The van der Waals surface area contributed by atoms with Crippen LogP contribution in [0.5, 0.6) is 5.75 Å². The van der Waals surface area contributed by atoms with Gasteiger partial charge < -0.3 is 15.2 Å². The normalized spacial score (nSPS) is 11.2. The van der Waals surface area contributed by atoms with Gasteiger partial charge in [-0.1, -0.05) is 6.07 Å². The summed E-state index contributed by atoms with van der Waals surface area (Å²) >= 11 is 0. The van der Waals surface area contributed by atoms with Crippen molar-refractivity contribution in [1.29, 1.82) is 0 Å². The molecule has 4 rings (SSSR count). The quantitative estimate of drug-likeness (QED) is 0.501. The molecule has 0 aliphatic rings. The van der Waals surface area contributed by atoms with E-state index in [1.165, 1.54) is 12.1 Å². The lowest BCUT2D eigenvalue weighted by Crippen LogP contribution is -2.01. The Kier molecular flexibility index (Phi) is 5.09. The number of fused-ring (bicyclic) bond motifs is 1. The number of hydrogen-bond acceptors (Lipinski definition) is 5. The highest BCUT2D eigenvalue weighted by Gasteiger charge is 2.12. The molecule has 6 nitrogen and oxygen atoms in total. The number of alkyl halides is 2. The van der Waals surface area contributed by atoms with E-state index in [0.29, 0.717) is 11.5 Å². The van der Waals surface area contributed by atoms with Crippen molar-refractivity contribution in [2.45, 2.75) is 20.1 Å². The Balaban J connectivity index is 1.65. The van der Waals surface area contributed by atoms with Gasteiger partial charge in [0.25, 0.3) is 0 Å². The molecular weight excluding hydrogens is 378 g/mol. The second-order valence-electron chi connectivity index (χ2n) is 6.44. The zero-order chi connectivity index (χ0) is 20.4. The van der Waals surface area contributed by atoms with Crippen molar-refractivity contribution in [1.82, 2.24) is 14.4 Å². The van der Waals surface area contributed by atoms with E-state index in [2.05, 4.69) is 20.0 Å². The number of anilines is 2.